The van der Waals surface area contributed by atoms with Crippen LogP contribution in [-0.2, 0) is 27.4 Å². The molecule has 0 spiro atoms. The largest absolute Gasteiger partial charge is 0.490 e. The van der Waals surface area contributed by atoms with Crippen LogP contribution in [0.1, 0.15) is 46.3 Å². The van der Waals surface area contributed by atoms with Crippen LogP contribution < -0.4 is 10.5 Å². The van der Waals surface area contributed by atoms with Gasteiger partial charge in [0.05, 0.1) is 10.5 Å². The maximum atomic E-state index is 13.8. The third-order valence-corrected chi connectivity index (χ3v) is 8.06. The summed E-state index contributed by atoms with van der Waals surface area (Å²) in [5, 5.41) is 15.1. The number of hydrogen-bond acceptors (Lipinski definition) is 5. The number of nitrogens with two attached hydrogens (primary N) is 1. The van der Waals surface area contributed by atoms with E-state index in [-0.39, 0.29) is 16.0 Å². The van der Waals surface area contributed by atoms with Crippen molar-refractivity contribution >= 4 is 27.6 Å². The van der Waals surface area contributed by atoms with Crippen LogP contribution in [0.25, 0.3) is 11.1 Å². The van der Waals surface area contributed by atoms with Crippen molar-refractivity contribution in [2.24, 2.45) is 5.14 Å². The summed E-state index contributed by atoms with van der Waals surface area (Å²) in [6, 6.07) is 14.5. The number of alkyl halides is 6. The number of sulfonamides is 1. The van der Waals surface area contributed by atoms with E-state index in [1.165, 1.54) is 30.3 Å². The minimum absolute atomic E-state index is 0.0676. The van der Waals surface area contributed by atoms with Gasteiger partial charge in [0.2, 0.25) is 10.0 Å². The summed E-state index contributed by atoms with van der Waals surface area (Å²) in [6.45, 7) is 4.46. The normalized spacial score (nSPS) is 14.0. The molecule has 4 N–H and O–H groups in total. The molecule has 0 unspecified atom stereocenters. The molecule has 1 heterocycles. The predicted octanol–water partition coefficient (Wildman–Crippen LogP) is 6.24. The molecule has 15 heteroatoms. The SMILES string of the molecule is Cc1cc(C(=O)Nc2ccc(-c3ccccc3C(F)(F)F)c(CCCN3CCCC3)c2)ccc1S(N)(=O)=O.O=C(O)C(F)(F)F. The maximum Gasteiger partial charge on any atom is 0.490 e. The lowest BCUT2D eigenvalue weighted by Gasteiger charge is -2.19. The Morgan fingerprint density at radius 1 is 0.933 bits per heavy atom. The zero-order valence-electron chi connectivity index (χ0n) is 24.0. The summed E-state index contributed by atoms with van der Waals surface area (Å²) in [5.41, 5.74) is 1.59. The fraction of sp³-hybridized carbons (Fsp3) is 0.333. The van der Waals surface area contributed by atoms with Gasteiger partial charge in [-0.1, -0.05) is 24.3 Å². The van der Waals surface area contributed by atoms with Gasteiger partial charge < -0.3 is 15.3 Å². The molecule has 1 aliphatic rings. The van der Waals surface area contributed by atoms with Crippen molar-refractivity contribution in [1.29, 1.82) is 0 Å². The molecule has 3 aromatic rings. The Hall–Kier alpha value is -3.95. The number of nitrogens with one attached hydrogen (secondary N) is 1. The molecule has 0 aliphatic carbocycles. The number of benzene rings is 3. The summed E-state index contributed by atoms with van der Waals surface area (Å²) in [4.78, 5) is 24.1. The van der Waals surface area contributed by atoms with Crippen molar-refractivity contribution in [2.75, 3.05) is 25.0 Å². The standard InChI is InChI=1S/C28H30F3N3O3S.C2HF3O2/c1-19-17-21(10-13-26(19)38(32,36)37)27(35)33-22-11-12-23(24-8-2-3-9-25(24)28(29,30)31)20(18-22)7-6-16-34-14-4-5-15-34;3-2(4,5)1(6)7/h2-3,8-13,17-18H,4-7,14-16H2,1H3,(H,33,35)(H2,32,36,37);(H,6,7). The highest BCUT2D eigenvalue weighted by Crippen LogP contribution is 2.39. The van der Waals surface area contributed by atoms with E-state index in [2.05, 4.69) is 10.2 Å². The average Bonchev–Trinajstić information content (AvgIpc) is 3.45. The number of carbonyl (C=O) groups is 2. The number of primary sulfonamides is 1. The maximum absolute atomic E-state index is 13.8. The number of carboxylic acid groups (broad SMARTS) is 1. The highest BCUT2D eigenvalue weighted by Gasteiger charge is 2.38. The number of carbonyl (C=O) groups excluding carboxylic acids is 1. The van der Waals surface area contributed by atoms with Crippen LogP contribution in [0.2, 0.25) is 0 Å². The molecule has 0 atom stereocenters. The van der Waals surface area contributed by atoms with E-state index < -0.39 is 39.8 Å². The smallest absolute Gasteiger partial charge is 0.475 e. The van der Waals surface area contributed by atoms with E-state index >= 15 is 0 Å². The summed E-state index contributed by atoms with van der Waals surface area (Å²) < 4.78 is 96.4. The molecule has 1 aliphatic heterocycles. The number of nitrogens with zero attached hydrogens (tertiary/aromatic N) is 1. The molecular formula is C30H31F6N3O5S. The van der Waals surface area contributed by atoms with E-state index in [0.717, 1.165) is 45.0 Å². The van der Waals surface area contributed by atoms with Crippen LogP contribution in [0.15, 0.2) is 65.6 Å². The number of amides is 1. The first kappa shape index (κ1) is 35.5. The van der Waals surface area contributed by atoms with Crippen molar-refractivity contribution < 1.29 is 49.5 Å². The highest BCUT2D eigenvalue weighted by atomic mass is 32.2. The average molecular weight is 660 g/mol. The van der Waals surface area contributed by atoms with E-state index in [4.69, 9.17) is 15.0 Å². The fourth-order valence-electron chi connectivity index (χ4n) is 4.92. The van der Waals surface area contributed by atoms with Crippen LogP contribution in [0.4, 0.5) is 32.0 Å². The number of aliphatic carboxylic acids is 1. The van der Waals surface area contributed by atoms with Crippen LogP contribution in [-0.4, -0.2) is 56.1 Å². The van der Waals surface area contributed by atoms with Gasteiger partial charge in [-0.2, -0.15) is 26.3 Å². The second-order valence-corrected chi connectivity index (χ2v) is 11.9. The number of rotatable bonds is 8. The lowest BCUT2D eigenvalue weighted by Crippen LogP contribution is -2.21. The molecule has 1 saturated heterocycles. The summed E-state index contributed by atoms with van der Waals surface area (Å²) in [7, 11) is -3.92. The molecule has 1 amide bonds. The van der Waals surface area contributed by atoms with Gasteiger partial charge in [0.1, 0.15) is 0 Å². The summed E-state index contributed by atoms with van der Waals surface area (Å²) >= 11 is 0. The van der Waals surface area contributed by atoms with Crippen LogP contribution in [0, 0.1) is 6.92 Å². The van der Waals surface area contributed by atoms with Gasteiger partial charge in [-0.15, -0.1) is 0 Å². The Kier molecular flexibility index (Phi) is 11.4. The minimum atomic E-state index is -5.08. The number of halogens is 6. The zero-order valence-corrected chi connectivity index (χ0v) is 24.8. The first-order valence-corrected chi connectivity index (χ1v) is 15.2. The molecule has 4 rings (SSSR count). The lowest BCUT2D eigenvalue weighted by molar-refractivity contribution is -0.192. The molecule has 0 radical (unpaired) electrons. The van der Waals surface area contributed by atoms with Crippen molar-refractivity contribution in [3.05, 3.63) is 82.9 Å². The second kappa shape index (κ2) is 14.4. The lowest BCUT2D eigenvalue weighted by atomic mass is 9.92. The number of anilines is 1. The number of carboxylic acids is 1. The Balaban J connectivity index is 0.000000707. The van der Waals surface area contributed by atoms with Crippen molar-refractivity contribution in [2.45, 2.75) is 49.9 Å². The van der Waals surface area contributed by atoms with Gasteiger partial charge >= 0.3 is 18.3 Å². The molecule has 0 saturated carbocycles. The van der Waals surface area contributed by atoms with Gasteiger partial charge in [-0.25, -0.2) is 18.4 Å². The van der Waals surface area contributed by atoms with E-state index in [9.17, 15) is 39.6 Å². The fourth-order valence-corrected chi connectivity index (χ4v) is 5.68. The molecular weight excluding hydrogens is 628 g/mol. The number of hydrogen-bond donors (Lipinski definition) is 3. The highest BCUT2D eigenvalue weighted by molar-refractivity contribution is 7.89. The van der Waals surface area contributed by atoms with Gasteiger partial charge in [-0.05, 0) is 111 Å². The van der Waals surface area contributed by atoms with Crippen molar-refractivity contribution in [1.82, 2.24) is 4.90 Å². The van der Waals surface area contributed by atoms with Gasteiger partial charge in [0.25, 0.3) is 5.91 Å². The Morgan fingerprint density at radius 3 is 2.11 bits per heavy atom. The third-order valence-electron chi connectivity index (χ3n) is 6.99. The van der Waals surface area contributed by atoms with Crippen LogP contribution in [0.3, 0.4) is 0 Å². The van der Waals surface area contributed by atoms with Crippen LogP contribution in [0.5, 0.6) is 0 Å². The molecule has 3 aromatic carbocycles. The molecule has 244 valence electrons. The molecule has 45 heavy (non-hydrogen) atoms. The van der Waals surface area contributed by atoms with Gasteiger partial charge in [0, 0.05) is 11.3 Å². The predicted molar refractivity (Wildman–Crippen MR) is 155 cm³/mol. The first-order valence-electron chi connectivity index (χ1n) is 13.6. The summed E-state index contributed by atoms with van der Waals surface area (Å²) in [5.74, 6) is -3.23. The Bertz CT molecular complexity index is 1640. The topological polar surface area (TPSA) is 130 Å². The van der Waals surface area contributed by atoms with E-state index in [1.54, 1.807) is 31.2 Å². The monoisotopic (exact) mass is 659 g/mol. The first-order chi connectivity index (χ1) is 20.9. The van der Waals surface area contributed by atoms with Crippen LogP contribution >= 0.6 is 0 Å². The zero-order chi connectivity index (χ0) is 33.6. The Labute approximate surface area is 255 Å². The van der Waals surface area contributed by atoms with Crippen molar-refractivity contribution in [3.63, 3.8) is 0 Å². The molecule has 1 fully saturated rings. The van der Waals surface area contributed by atoms with E-state index in [0.29, 0.717) is 28.8 Å². The molecule has 8 nitrogen and oxygen atoms in total. The number of aryl methyl sites for hydroxylation is 2. The van der Waals surface area contributed by atoms with E-state index in [1.807, 2.05) is 0 Å². The molecule has 0 aromatic heterocycles. The van der Waals surface area contributed by atoms with Crippen molar-refractivity contribution in [3.8, 4) is 11.1 Å². The Morgan fingerprint density at radius 2 is 1.56 bits per heavy atom. The minimum Gasteiger partial charge on any atom is -0.475 e. The third kappa shape index (κ3) is 10.0. The quantitative estimate of drug-likeness (QED) is 0.246. The van der Waals surface area contributed by atoms with Gasteiger partial charge in [-0.3, -0.25) is 4.79 Å². The number of likely N-dealkylation sites (tertiary alicyclic amines) is 1. The molecule has 0 bridgehead atoms. The van der Waals surface area contributed by atoms with Gasteiger partial charge in [0.15, 0.2) is 0 Å². The summed E-state index contributed by atoms with van der Waals surface area (Å²) in [6.07, 6.45) is -5.96. The second-order valence-electron chi connectivity index (χ2n) is 10.3.